The minimum Gasteiger partial charge on any atom is -0.481 e. The van der Waals surface area contributed by atoms with Gasteiger partial charge in [-0.3, -0.25) is 9.48 Å². The smallest absolute Gasteiger partial charge is 0.305 e. The zero-order chi connectivity index (χ0) is 8.97. The van der Waals surface area contributed by atoms with Crippen LogP contribution in [0.3, 0.4) is 0 Å². The number of aromatic nitrogens is 2. The van der Waals surface area contributed by atoms with E-state index < -0.39 is 5.97 Å². The Kier molecular flexibility index (Phi) is 2.68. The number of carbonyl (C=O) groups is 1. The highest BCUT2D eigenvalue weighted by Crippen LogP contribution is 2.02. The highest BCUT2D eigenvalue weighted by atomic mass is 16.4. The zero-order valence-electron chi connectivity index (χ0n) is 6.82. The molecular formula is C7H11N3O2. The summed E-state index contributed by atoms with van der Waals surface area (Å²) in [4.78, 5) is 10.1. The van der Waals surface area contributed by atoms with E-state index in [1.807, 2.05) is 7.05 Å². The van der Waals surface area contributed by atoms with E-state index >= 15 is 0 Å². The Morgan fingerprint density at radius 1 is 1.83 bits per heavy atom. The van der Waals surface area contributed by atoms with Crippen LogP contribution >= 0.6 is 0 Å². The van der Waals surface area contributed by atoms with Gasteiger partial charge in [-0.05, 0) is 0 Å². The lowest BCUT2D eigenvalue weighted by atomic mass is 10.4. The number of aliphatic carboxylic acids is 1. The molecule has 1 aromatic rings. The summed E-state index contributed by atoms with van der Waals surface area (Å²) in [5, 5.41) is 15.2. The summed E-state index contributed by atoms with van der Waals surface area (Å²) in [6.07, 6.45) is 3.57. The maximum atomic E-state index is 10.1. The molecular weight excluding hydrogens is 158 g/mol. The summed E-state index contributed by atoms with van der Waals surface area (Å²) in [6, 6.07) is 0. The van der Waals surface area contributed by atoms with Crippen molar-refractivity contribution in [2.45, 2.75) is 6.42 Å². The molecule has 2 N–H and O–H groups in total. The molecule has 0 amide bonds. The van der Waals surface area contributed by atoms with Gasteiger partial charge in [0.15, 0.2) is 0 Å². The Morgan fingerprint density at radius 3 is 3.08 bits per heavy atom. The fourth-order valence-corrected chi connectivity index (χ4v) is 0.826. The summed E-state index contributed by atoms with van der Waals surface area (Å²) in [5.74, 6) is -0.800. The van der Waals surface area contributed by atoms with Crippen molar-refractivity contribution in [3.63, 3.8) is 0 Å². The van der Waals surface area contributed by atoms with Crippen LogP contribution in [-0.4, -0.2) is 27.4 Å². The molecule has 66 valence electrons. The molecule has 1 aromatic heterocycles. The van der Waals surface area contributed by atoms with E-state index in [0.717, 1.165) is 5.69 Å². The zero-order valence-corrected chi connectivity index (χ0v) is 6.82. The predicted molar refractivity (Wildman–Crippen MR) is 44.0 cm³/mol. The van der Waals surface area contributed by atoms with Crippen LogP contribution in [0.4, 0.5) is 5.69 Å². The molecule has 0 aromatic carbocycles. The van der Waals surface area contributed by atoms with E-state index in [2.05, 4.69) is 10.4 Å². The van der Waals surface area contributed by atoms with Gasteiger partial charge in [-0.1, -0.05) is 0 Å². The van der Waals surface area contributed by atoms with E-state index in [4.69, 9.17) is 5.11 Å². The molecule has 5 heteroatoms. The van der Waals surface area contributed by atoms with Crippen molar-refractivity contribution in [3.05, 3.63) is 12.4 Å². The average molecular weight is 169 g/mol. The molecule has 0 radical (unpaired) electrons. The van der Waals surface area contributed by atoms with Crippen molar-refractivity contribution in [2.75, 3.05) is 11.9 Å². The fraction of sp³-hybridized carbons (Fsp3) is 0.429. The molecule has 0 aliphatic heterocycles. The highest BCUT2D eigenvalue weighted by Gasteiger charge is 1.97. The van der Waals surface area contributed by atoms with Gasteiger partial charge in [0.05, 0.1) is 18.3 Å². The van der Waals surface area contributed by atoms with E-state index in [0.29, 0.717) is 6.54 Å². The van der Waals surface area contributed by atoms with Gasteiger partial charge in [0.1, 0.15) is 0 Å². The standard InChI is InChI=1S/C7H11N3O2/c1-10-5-6(4-9-10)8-3-2-7(11)12/h4-5,8H,2-3H2,1H3,(H,11,12). The molecule has 1 rings (SSSR count). The lowest BCUT2D eigenvalue weighted by molar-refractivity contribution is -0.136. The van der Waals surface area contributed by atoms with Crippen molar-refractivity contribution in [1.29, 1.82) is 0 Å². The molecule has 0 unspecified atom stereocenters. The maximum absolute atomic E-state index is 10.1. The molecule has 5 nitrogen and oxygen atoms in total. The van der Waals surface area contributed by atoms with Crippen LogP contribution in [0.1, 0.15) is 6.42 Å². The largest absolute Gasteiger partial charge is 0.481 e. The number of carboxylic acids is 1. The molecule has 0 aliphatic carbocycles. The monoisotopic (exact) mass is 169 g/mol. The summed E-state index contributed by atoms with van der Waals surface area (Å²) >= 11 is 0. The predicted octanol–water partition coefficient (Wildman–Crippen LogP) is 0.307. The van der Waals surface area contributed by atoms with Crippen LogP contribution < -0.4 is 5.32 Å². The molecule has 0 aliphatic rings. The highest BCUT2D eigenvalue weighted by molar-refractivity contribution is 5.67. The van der Waals surface area contributed by atoms with Crippen LogP contribution in [0.25, 0.3) is 0 Å². The first-order chi connectivity index (χ1) is 5.68. The van der Waals surface area contributed by atoms with Gasteiger partial charge in [-0.15, -0.1) is 0 Å². The molecule has 12 heavy (non-hydrogen) atoms. The number of anilines is 1. The van der Waals surface area contributed by atoms with Gasteiger partial charge in [0.2, 0.25) is 0 Å². The third-order valence-corrected chi connectivity index (χ3v) is 1.37. The number of hydrogen-bond acceptors (Lipinski definition) is 3. The minimum absolute atomic E-state index is 0.120. The van der Waals surface area contributed by atoms with Gasteiger partial charge < -0.3 is 10.4 Å². The quantitative estimate of drug-likeness (QED) is 0.680. The number of hydrogen-bond donors (Lipinski definition) is 2. The summed E-state index contributed by atoms with van der Waals surface area (Å²) < 4.78 is 1.66. The van der Waals surface area contributed by atoms with Crippen molar-refractivity contribution in [2.24, 2.45) is 7.05 Å². The number of nitrogens with zero attached hydrogens (tertiary/aromatic N) is 2. The Bertz CT molecular complexity index is 269. The Balaban J connectivity index is 2.29. The van der Waals surface area contributed by atoms with Crippen molar-refractivity contribution < 1.29 is 9.90 Å². The Hall–Kier alpha value is -1.52. The first-order valence-electron chi connectivity index (χ1n) is 3.63. The van der Waals surface area contributed by atoms with Gasteiger partial charge >= 0.3 is 5.97 Å². The first-order valence-corrected chi connectivity index (χ1v) is 3.63. The topological polar surface area (TPSA) is 67.2 Å². The molecule has 1 heterocycles. The minimum atomic E-state index is -0.800. The lowest BCUT2D eigenvalue weighted by Gasteiger charge is -1.98. The average Bonchev–Trinajstić information content (AvgIpc) is 2.35. The van der Waals surface area contributed by atoms with Gasteiger partial charge in [-0.25, -0.2) is 0 Å². The van der Waals surface area contributed by atoms with Crippen LogP contribution in [-0.2, 0) is 11.8 Å². The SMILES string of the molecule is Cn1cc(NCCC(=O)O)cn1. The summed E-state index contributed by atoms with van der Waals surface area (Å²) in [7, 11) is 1.81. The lowest BCUT2D eigenvalue weighted by Crippen LogP contribution is -2.06. The number of aryl methyl sites for hydroxylation is 1. The van der Waals surface area contributed by atoms with Crippen LogP contribution in [0.2, 0.25) is 0 Å². The molecule has 0 saturated heterocycles. The third kappa shape index (κ3) is 2.61. The van der Waals surface area contributed by atoms with Crippen LogP contribution in [0, 0.1) is 0 Å². The van der Waals surface area contributed by atoms with Crippen molar-refractivity contribution in [1.82, 2.24) is 9.78 Å². The number of carboxylic acid groups (broad SMARTS) is 1. The summed E-state index contributed by atoms with van der Waals surface area (Å²) in [6.45, 7) is 0.432. The second kappa shape index (κ2) is 3.75. The second-order valence-corrected chi connectivity index (χ2v) is 2.47. The van der Waals surface area contributed by atoms with E-state index in [-0.39, 0.29) is 6.42 Å². The van der Waals surface area contributed by atoms with Crippen LogP contribution in [0.5, 0.6) is 0 Å². The van der Waals surface area contributed by atoms with E-state index in [1.54, 1.807) is 17.1 Å². The molecule has 0 fully saturated rings. The van der Waals surface area contributed by atoms with Gasteiger partial charge in [-0.2, -0.15) is 5.10 Å². The van der Waals surface area contributed by atoms with Crippen molar-refractivity contribution in [3.8, 4) is 0 Å². The molecule has 0 spiro atoms. The normalized spacial score (nSPS) is 9.75. The molecule has 0 saturated carbocycles. The summed E-state index contributed by atoms with van der Waals surface area (Å²) in [5.41, 5.74) is 0.846. The number of nitrogens with one attached hydrogen (secondary N) is 1. The Labute approximate surface area is 70.0 Å². The van der Waals surface area contributed by atoms with Gasteiger partial charge in [0, 0.05) is 19.8 Å². The molecule has 0 atom stereocenters. The van der Waals surface area contributed by atoms with Crippen LogP contribution in [0.15, 0.2) is 12.4 Å². The third-order valence-electron chi connectivity index (χ3n) is 1.37. The van der Waals surface area contributed by atoms with Gasteiger partial charge in [0.25, 0.3) is 0 Å². The number of rotatable bonds is 4. The maximum Gasteiger partial charge on any atom is 0.305 e. The molecule has 0 bridgehead atoms. The van der Waals surface area contributed by atoms with Crippen molar-refractivity contribution >= 4 is 11.7 Å². The Morgan fingerprint density at radius 2 is 2.58 bits per heavy atom. The van der Waals surface area contributed by atoms with E-state index in [1.165, 1.54) is 0 Å². The fourth-order valence-electron chi connectivity index (χ4n) is 0.826. The first kappa shape index (κ1) is 8.58. The second-order valence-electron chi connectivity index (χ2n) is 2.47. The van der Waals surface area contributed by atoms with E-state index in [9.17, 15) is 4.79 Å².